The second kappa shape index (κ2) is 5.85. The van der Waals surface area contributed by atoms with Crippen LogP contribution < -0.4 is 10.1 Å². The number of hydrogen-bond donors (Lipinski definition) is 1. The predicted molar refractivity (Wildman–Crippen MR) is 95.5 cm³/mol. The Morgan fingerprint density at radius 3 is 2.61 bits per heavy atom. The van der Waals surface area contributed by atoms with Crippen molar-refractivity contribution in [2.24, 2.45) is 0 Å². The van der Waals surface area contributed by atoms with Gasteiger partial charge in [0.15, 0.2) is 0 Å². The van der Waals surface area contributed by atoms with Crippen molar-refractivity contribution in [1.82, 2.24) is 5.32 Å². The van der Waals surface area contributed by atoms with Crippen molar-refractivity contribution in [3.63, 3.8) is 0 Å². The summed E-state index contributed by atoms with van der Waals surface area (Å²) < 4.78 is 6.31. The lowest BCUT2D eigenvalue weighted by Gasteiger charge is -2.16. The molecule has 1 heterocycles. The number of hydrogen-bond acceptors (Lipinski definition) is 2. The first kappa shape index (κ1) is 15.0. The van der Waals surface area contributed by atoms with Gasteiger partial charge in [0.1, 0.15) is 11.9 Å². The van der Waals surface area contributed by atoms with Crippen LogP contribution in [0, 0.1) is 13.8 Å². The Kier molecular flexibility index (Phi) is 3.82. The summed E-state index contributed by atoms with van der Waals surface area (Å²) >= 11 is 6.40. The summed E-state index contributed by atoms with van der Waals surface area (Å²) in [4.78, 5) is 0. The van der Waals surface area contributed by atoms with Gasteiger partial charge in [-0.15, -0.1) is 0 Å². The third kappa shape index (κ3) is 2.98. The summed E-state index contributed by atoms with van der Waals surface area (Å²) in [5.74, 6) is 1.02. The SMILES string of the molecule is Cc1cccc(C)c1-c1cc(Cl)cc2c1OC(CNC1CC1)C2. The van der Waals surface area contributed by atoms with Crippen molar-refractivity contribution in [2.75, 3.05) is 6.54 Å². The summed E-state index contributed by atoms with van der Waals surface area (Å²) in [6.07, 6.45) is 3.76. The van der Waals surface area contributed by atoms with E-state index in [0.29, 0.717) is 6.04 Å². The number of nitrogens with one attached hydrogen (secondary N) is 1. The molecule has 1 aliphatic carbocycles. The lowest BCUT2D eigenvalue weighted by Crippen LogP contribution is -2.31. The first-order valence-electron chi connectivity index (χ1n) is 8.41. The van der Waals surface area contributed by atoms with E-state index in [1.807, 2.05) is 6.07 Å². The average Bonchev–Trinajstić information content (AvgIpc) is 3.24. The predicted octanol–water partition coefficient (Wildman–Crippen LogP) is 4.68. The molecule has 0 spiro atoms. The van der Waals surface area contributed by atoms with Gasteiger partial charge in [-0.3, -0.25) is 0 Å². The van der Waals surface area contributed by atoms with Gasteiger partial charge in [-0.1, -0.05) is 29.8 Å². The highest BCUT2D eigenvalue weighted by atomic mass is 35.5. The van der Waals surface area contributed by atoms with Gasteiger partial charge >= 0.3 is 0 Å². The Morgan fingerprint density at radius 2 is 1.91 bits per heavy atom. The second-order valence-electron chi connectivity index (χ2n) is 6.83. The van der Waals surface area contributed by atoms with E-state index in [1.54, 1.807) is 0 Å². The smallest absolute Gasteiger partial charge is 0.131 e. The fourth-order valence-corrected chi connectivity index (χ4v) is 3.76. The Bertz CT molecular complexity index is 731. The van der Waals surface area contributed by atoms with Crippen LogP contribution in [0.2, 0.25) is 5.02 Å². The fourth-order valence-electron chi connectivity index (χ4n) is 3.52. The average molecular weight is 328 g/mol. The Hall–Kier alpha value is -1.51. The first-order valence-corrected chi connectivity index (χ1v) is 8.78. The third-order valence-electron chi connectivity index (χ3n) is 4.82. The number of aryl methyl sites for hydroxylation is 2. The second-order valence-corrected chi connectivity index (χ2v) is 7.27. The summed E-state index contributed by atoms with van der Waals surface area (Å²) in [5.41, 5.74) is 6.15. The van der Waals surface area contributed by atoms with Gasteiger partial charge in [-0.05, 0) is 61.1 Å². The highest BCUT2D eigenvalue weighted by Gasteiger charge is 2.29. The number of ether oxygens (including phenoxy) is 1. The minimum Gasteiger partial charge on any atom is -0.488 e. The van der Waals surface area contributed by atoms with Gasteiger partial charge in [0, 0.05) is 29.6 Å². The van der Waals surface area contributed by atoms with Gasteiger partial charge in [0.25, 0.3) is 0 Å². The molecule has 0 saturated heterocycles. The van der Waals surface area contributed by atoms with E-state index in [1.165, 1.54) is 35.1 Å². The van der Waals surface area contributed by atoms with E-state index in [0.717, 1.165) is 29.3 Å². The van der Waals surface area contributed by atoms with Crippen LogP contribution in [0.15, 0.2) is 30.3 Å². The molecule has 0 bridgehead atoms. The monoisotopic (exact) mass is 327 g/mol. The van der Waals surface area contributed by atoms with E-state index in [9.17, 15) is 0 Å². The number of rotatable bonds is 4. The summed E-state index contributed by atoms with van der Waals surface area (Å²) in [7, 11) is 0. The summed E-state index contributed by atoms with van der Waals surface area (Å²) in [5, 5.41) is 4.36. The van der Waals surface area contributed by atoms with Crippen LogP contribution >= 0.6 is 11.6 Å². The number of fused-ring (bicyclic) bond motifs is 1. The maximum absolute atomic E-state index is 6.40. The van der Waals surface area contributed by atoms with E-state index in [-0.39, 0.29) is 6.10 Å². The van der Waals surface area contributed by atoms with Crippen LogP contribution in [0.5, 0.6) is 5.75 Å². The van der Waals surface area contributed by atoms with E-state index >= 15 is 0 Å². The molecule has 1 N–H and O–H groups in total. The molecule has 1 saturated carbocycles. The third-order valence-corrected chi connectivity index (χ3v) is 5.04. The summed E-state index contributed by atoms with van der Waals surface area (Å²) in [6, 6.07) is 11.2. The molecule has 1 aliphatic heterocycles. The first-order chi connectivity index (χ1) is 11.1. The van der Waals surface area contributed by atoms with Crippen LogP contribution in [0.25, 0.3) is 11.1 Å². The molecule has 1 unspecified atom stereocenters. The summed E-state index contributed by atoms with van der Waals surface area (Å²) in [6.45, 7) is 5.22. The normalized spacial score (nSPS) is 19.5. The zero-order chi connectivity index (χ0) is 16.0. The Morgan fingerprint density at radius 1 is 1.17 bits per heavy atom. The molecule has 0 radical (unpaired) electrons. The maximum Gasteiger partial charge on any atom is 0.131 e. The van der Waals surface area contributed by atoms with Gasteiger partial charge in [0.2, 0.25) is 0 Å². The molecule has 3 heteroatoms. The maximum atomic E-state index is 6.40. The van der Waals surface area contributed by atoms with Crippen LogP contribution in [0.3, 0.4) is 0 Å². The van der Waals surface area contributed by atoms with Crippen LogP contribution in [-0.2, 0) is 6.42 Å². The molecule has 120 valence electrons. The van der Waals surface area contributed by atoms with Gasteiger partial charge < -0.3 is 10.1 Å². The van der Waals surface area contributed by atoms with Crippen LogP contribution in [0.1, 0.15) is 29.5 Å². The molecule has 23 heavy (non-hydrogen) atoms. The molecule has 2 aromatic rings. The number of benzene rings is 2. The minimum atomic E-state index is 0.215. The van der Waals surface area contributed by atoms with E-state index < -0.39 is 0 Å². The molecule has 1 atom stereocenters. The number of halogens is 1. The molecule has 2 nitrogen and oxygen atoms in total. The highest BCUT2D eigenvalue weighted by Crippen LogP contribution is 2.43. The topological polar surface area (TPSA) is 21.3 Å². The van der Waals surface area contributed by atoms with Crippen molar-refractivity contribution in [3.8, 4) is 16.9 Å². The molecule has 0 aromatic heterocycles. The molecule has 0 amide bonds. The Labute approximate surface area is 142 Å². The highest BCUT2D eigenvalue weighted by molar-refractivity contribution is 6.31. The Balaban J connectivity index is 1.70. The van der Waals surface area contributed by atoms with Crippen molar-refractivity contribution in [3.05, 3.63) is 52.0 Å². The standard InChI is InChI=1S/C20H22ClNO/c1-12-4-3-5-13(2)19(12)18-10-15(21)8-14-9-17(23-20(14)18)11-22-16-6-7-16/h3-5,8,10,16-17,22H,6-7,9,11H2,1-2H3. The largest absolute Gasteiger partial charge is 0.488 e. The minimum absolute atomic E-state index is 0.215. The fraction of sp³-hybridized carbons (Fsp3) is 0.400. The van der Waals surface area contributed by atoms with Gasteiger partial charge in [0.05, 0.1) is 0 Å². The lowest BCUT2D eigenvalue weighted by atomic mass is 9.93. The zero-order valence-corrected chi connectivity index (χ0v) is 14.4. The van der Waals surface area contributed by atoms with Crippen LogP contribution in [0.4, 0.5) is 0 Å². The molecule has 1 fully saturated rings. The zero-order valence-electron chi connectivity index (χ0n) is 13.7. The molecule has 2 aliphatic rings. The van der Waals surface area contributed by atoms with Gasteiger partial charge in [-0.2, -0.15) is 0 Å². The van der Waals surface area contributed by atoms with Gasteiger partial charge in [-0.25, -0.2) is 0 Å². The van der Waals surface area contributed by atoms with Crippen molar-refractivity contribution in [2.45, 2.75) is 45.3 Å². The molecular formula is C20H22ClNO. The van der Waals surface area contributed by atoms with E-state index in [2.05, 4.69) is 43.4 Å². The quantitative estimate of drug-likeness (QED) is 0.880. The van der Waals surface area contributed by atoms with Crippen molar-refractivity contribution in [1.29, 1.82) is 0 Å². The van der Waals surface area contributed by atoms with Crippen molar-refractivity contribution < 1.29 is 4.74 Å². The molecule has 2 aromatic carbocycles. The van der Waals surface area contributed by atoms with Crippen molar-refractivity contribution >= 4 is 11.6 Å². The molecular weight excluding hydrogens is 306 g/mol. The lowest BCUT2D eigenvalue weighted by molar-refractivity contribution is 0.228. The molecule has 4 rings (SSSR count). The van der Waals surface area contributed by atoms with E-state index in [4.69, 9.17) is 16.3 Å². The van der Waals surface area contributed by atoms with Crippen LogP contribution in [-0.4, -0.2) is 18.7 Å².